The highest BCUT2D eigenvalue weighted by Crippen LogP contribution is 2.43. The monoisotopic (exact) mass is 467 g/mol. The molecule has 5 nitrogen and oxygen atoms in total. The summed E-state index contributed by atoms with van der Waals surface area (Å²) >= 11 is -1.03. The van der Waals surface area contributed by atoms with Crippen LogP contribution in [0.2, 0.25) is 0 Å². The number of nitrogens with zero attached hydrogens (tertiary/aromatic N) is 1. The van der Waals surface area contributed by atoms with E-state index in [2.05, 4.69) is 15.5 Å². The molecule has 0 radical (unpaired) electrons. The average molecular weight is 468 g/mol. The van der Waals surface area contributed by atoms with Gasteiger partial charge in [-0.1, -0.05) is 6.07 Å². The van der Waals surface area contributed by atoms with Crippen molar-refractivity contribution in [1.29, 1.82) is 0 Å². The number of benzene rings is 2. The Bertz CT molecular complexity index is 1070. The van der Waals surface area contributed by atoms with Crippen LogP contribution in [0.15, 0.2) is 52.9 Å². The number of amides is 1. The number of allylic oxidation sites excluding steroid dienone is 2. The highest BCUT2D eigenvalue weighted by atomic mass is 32.2. The molecule has 174 valence electrons. The molecule has 4 rings (SSSR count). The molecule has 1 saturated heterocycles. The van der Waals surface area contributed by atoms with Gasteiger partial charge in [0.05, 0.1) is 6.42 Å². The quantitative estimate of drug-likeness (QED) is 0.614. The fourth-order valence-electron chi connectivity index (χ4n) is 4.41. The largest absolute Gasteiger partial charge is 0.612 e. The number of nitrogens with one attached hydrogen (secondary N) is 2. The number of hydrogen-bond acceptors (Lipinski definition) is 4. The lowest BCUT2D eigenvalue weighted by molar-refractivity contribution is -0.120. The lowest BCUT2D eigenvalue weighted by Crippen LogP contribution is -2.46. The van der Waals surface area contributed by atoms with Crippen LogP contribution in [0.4, 0.5) is 4.39 Å². The number of rotatable bonds is 7. The zero-order valence-electron chi connectivity index (χ0n) is 19.1. The fourth-order valence-corrected chi connectivity index (χ4v) is 4.93. The molecule has 1 amide bonds. The number of carbonyl (C=O) groups excluding carboxylic acids is 1. The summed E-state index contributed by atoms with van der Waals surface area (Å²) in [6.07, 6.45) is 3.92. The van der Waals surface area contributed by atoms with E-state index < -0.39 is 11.2 Å². The predicted molar refractivity (Wildman–Crippen MR) is 133 cm³/mol. The molecular weight excluding hydrogens is 437 g/mol. The van der Waals surface area contributed by atoms with E-state index in [1.54, 1.807) is 12.3 Å². The first-order valence-corrected chi connectivity index (χ1v) is 12.8. The molecular formula is C26H30FN3O2S. The van der Waals surface area contributed by atoms with Crippen LogP contribution in [0.3, 0.4) is 0 Å². The Morgan fingerprint density at radius 3 is 2.61 bits per heavy atom. The van der Waals surface area contributed by atoms with Gasteiger partial charge in [-0.25, -0.2) is 4.39 Å². The Hall–Kier alpha value is -2.45. The number of halogens is 1. The summed E-state index contributed by atoms with van der Waals surface area (Å²) in [5.74, 6) is -0.361. The molecule has 2 aliphatic rings. The van der Waals surface area contributed by atoms with Crippen molar-refractivity contribution in [3.8, 4) is 0 Å². The number of hydrogen-bond donors (Lipinski definition) is 2. The van der Waals surface area contributed by atoms with Gasteiger partial charge in [-0.05, 0) is 94.0 Å². The van der Waals surface area contributed by atoms with Crippen molar-refractivity contribution < 1.29 is 13.7 Å². The van der Waals surface area contributed by atoms with Gasteiger partial charge < -0.3 is 15.2 Å². The van der Waals surface area contributed by atoms with Gasteiger partial charge in [0.2, 0.25) is 5.91 Å². The van der Waals surface area contributed by atoms with Gasteiger partial charge in [0.15, 0.2) is 4.90 Å². The topological polar surface area (TPSA) is 67.4 Å². The molecule has 1 aliphatic carbocycles. The van der Waals surface area contributed by atoms with Crippen LogP contribution in [0, 0.1) is 5.82 Å². The Labute approximate surface area is 197 Å². The minimum Gasteiger partial charge on any atom is -0.612 e. The Morgan fingerprint density at radius 2 is 1.91 bits per heavy atom. The van der Waals surface area contributed by atoms with Crippen molar-refractivity contribution in [3.05, 3.63) is 70.5 Å². The van der Waals surface area contributed by atoms with E-state index in [1.807, 2.05) is 37.3 Å². The van der Waals surface area contributed by atoms with Gasteiger partial charge >= 0.3 is 0 Å². The van der Waals surface area contributed by atoms with E-state index in [-0.39, 0.29) is 18.1 Å². The second kappa shape index (κ2) is 10.7. The second-order valence-electron chi connectivity index (χ2n) is 8.49. The second-order valence-corrected chi connectivity index (χ2v) is 9.87. The van der Waals surface area contributed by atoms with E-state index in [4.69, 9.17) is 0 Å². The van der Waals surface area contributed by atoms with Crippen LogP contribution in [-0.4, -0.2) is 60.9 Å². The minimum atomic E-state index is -1.03. The molecule has 2 N–H and O–H groups in total. The number of piperazine rings is 1. The van der Waals surface area contributed by atoms with E-state index in [9.17, 15) is 13.7 Å². The maximum Gasteiger partial charge on any atom is 0.224 e. The van der Waals surface area contributed by atoms with E-state index >= 15 is 0 Å². The first-order chi connectivity index (χ1) is 15.9. The van der Waals surface area contributed by atoms with Crippen LogP contribution in [0.25, 0.3) is 17.2 Å². The van der Waals surface area contributed by atoms with Crippen LogP contribution in [-0.2, 0) is 16.0 Å². The van der Waals surface area contributed by atoms with Crippen LogP contribution >= 0.6 is 0 Å². The highest BCUT2D eigenvalue weighted by molar-refractivity contribution is 7.90. The molecule has 1 atom stereocenters. The maximum atomic E-state index is 14.1. The van der Waals surface area contributed by atoms with Crippen molar-refractivity contribution >= 4 is 34.3 Å². The van der Waals surface area contributed by atoms with Gasteiger partial charge in [-0.2, -0.15) is 0 Å². The summed E-state index contributed by atoms with van der Waals surface area (Å²) in [7, 11) is 0. The SMILES string of the molecule is CC1=C(CC(=O)NCCN2CCNCC2)c2cc(F)ccc2C1=Cc1ccc([S+](C)[O-])cc1. The molecule has 1 fully saturated rings. The molecule has 0 spiro atoms. The third-order valence-electron chi connectivity index (χ3n) is 6.27. The molecule has 33 heavy (non-hydrogen) atoms. The first-order valence-electron chi connectivity index (χ1n) is 11.3. The third-order valence-corrected chi connectivity index (χ3v) is 7.21. The van der Waals surface area contributed by atoms with E-state index in [0.717, 1.165) is 71.0 Å². The van der Waals surface area contributed by atoms with Crippen molar-refractivity contribution in [3.63, 3.8) is 0 Å². The normalized spacial score (nSPS) is 18.5. The smallest absolute Gasteiger partial charge is 0.224 e. The zero-order valence-corrected chi connectivity index (χ0v) is 19.9. The standard InChI is InChI=1S/C26H30FN3O2S/c1-18-23(15-19-3-6-21(7-4-19)33(2)32)22-8-5-20(27)16-25(22)24(18)17-26(31)29-11-14-30-12-9-28-10-13-30/h3-8,15-16,28H,9-14,17H2,1-2H3,(H,29,31). The summed E-state index contributed by atoms with van der Waals surface area (Å²) in [4.78, 5) is 15.8. The molecule has 2 aromatic rings. The van der Waals surface area contributed by atoms with Crippen LogP contribution in [0.5, 0.6) is 0 Å². The molecule has 0 aromatic heterocycles. The molecule has 1 unspecified atom stereocenters. The summed E-state index contributed by atoms with van der Waals surface area (Å²) in [5, 5.41) is 6.35. The third kappa shape index (κ3) is 5.73. The zero-order chi connectivity index (χ0) is 23.4. The van der Waals surface area contributed by atoms with E-state index in [0.29, 0.717) is 6.54 Å². The predicted octanol–water partition coefficient (Wildman–Crippen LogP) is 3.30. The Balaban J connectivity index is 1.51. The van der Waals surface area contributed by atoms with Gasteiger partial charge in [0, 0.05) is 39.3 Å². The molecule has 0 saturated carbocycles. The van der Waals surface area contributed by atoms with Crippen LogP contribution < -0.4 is 10.6 Å². The summed E-state index contributed by atoms with van der Waals surface area (Å²) in [5.41, 5.74) is 5.51. The van der Waals surface area contributed by atoms with E-state index in [1.165, 1.54) is 12.1 Å². The maximum absolute atomic E-state index is 14.1. The van der Waals surface area contributed by atoms with Gasteiger partial charge in [-0.3, -0.25) is 9.69 Å². The Kier molecular flexibility index (Phi) is 7.65. The van der Waals surface area contributed by atoms with Crippen LogP contribution in [0.1, 0.15) is 30.0 Å². The summed E-state index contributed by atoms with van der Waals surface area (Å²) < 4.78 is 25.8. The van der Waals surface area contributed by atoms with Gasteiger partial charge in [-0.15, -0.1) is 0 Å². The molecule has 1 heterocycles. The fraction of sp³-hybridized carbons (Fsp3) is 0.346. The molecule has 1 aliphatic heterocycles. The van der Waals surface area contributed by atoms with Crippen molar-refractivity contribution in [2.24, 2.45) is 0 Å². The lowest BCUT2D eigenvalue weighted by atomic mass is 10.0. The van der Waals surface area contributed by atoms with Crippen molar-refractivity contribution in [2.45, 2.75) is 18.2 Å². The first kappa shape index (κ1) is 23.7. The van der Waals surface area contributed by atoms with Crippen molar-refractivity contribution in [2.75, 3.05) is 45.5 Å². The molecule has 0 bridgehead atoms. The Morgan fingerprint density at radius 1 is 1.18 bits per heavy atom. The average Bonchev–Trinajstić information content (AvgIpc) is 3.05. The van der Waals surface area contributed by atoms with Gasteiger partial charge in [0.25, 0.3) is 0 Å². The summed E-state index contributed by atoms with van der Waals surface area (Å²) in [6.45, 7) is 7.39. The van der Waals surface area contributed by atoms with Crippen molar-refractivity contribution in [1.82, 2.24) is 15.5 Å². The summed E-state index contributed by atoms with van der Waals surface area (Å²) in [6, 6.07) is 12.3. The van der Waals surface area contributed by atoms with Gasteiger partial charge in [0.1, 0.15) is 12.1 Å². The highest BCUT2D eigenvalue weighted by Gasteiger charge is 2.26. The molecule has 7 heteroatoms. The molecule has 2 aromatic carbocycles. The number of carbonyl (C=O) groups is 1. The number of fused-ring (bicyclic) bond motifs is 1. The minimum absolute atomic E-state index is 0.0503. The lowest BCUT2D eigenvalue weighted by Gasteiger charge is -2.27.